The maximum absolute atomic E-state index is 10.9. The van der Waals surface area contributed by atoms with Crippen LogP contribution < -0.4 is 18.9 Å². The van der Waals surface area contributed by atoms with Gasteiger partial charge in [-0.3, -0.25) is 0 Å². The number of hydrogen-bond donors (Lipinski definition) is 1. The monoisotopic (exact) mass is 720 g/mol. The van der Waals surface area contributed by atoms with Gasteiger partial charge in [0, 0.05) is 23.7 Å². The van der Waals surface area contributed by atoms with Crippen molar-refractivity contribution in [2.24, 2.45) is 0 Å². The lowest BCUT2D eigenvalue weighted by molar-refractivity contribution is 0.0175. The van der Waals surface area contributed by atoms with E-state index < -0.39 is 11.7 Å². The zero-order valence-electron chi connectivity index (χ0n) is 32.6. The van der Waals surface area contributed by atoms with Crippen LogP contribution in [0, 0.1) is 0 Å². The van der Waals surface area contributed by atoms with E-state index in [2.05, 4.69) is 109 Å². The molecule has 0 radical (unpaired) electrons. The van der Waals surface area contributed by atoms with Crippen molar-refractivity contribution in [1.82, 2.24) is 0 Å². The zero-order valence-corrected chi connectivity index (χ0v) is 32.6. The van der Waals surface area contributed by atoms with Crippen molar-refractivity contribution in [3.8, 4) is 23.0 Å². The molecule has 2 saturated heterocycles. The van der Waals surface area contributed by atoms with Crippen LogP contribution in [0.1, 0.15) is 90.5 Å². The van der Waals surface area contributed by atoms with Crippen molar-refractivity contribution in [3.63, 3.8) is 0 Å². The normalized spacial score (nSPS) is 17.8. The Labute approximate surface area is 315 Å². The van der Waals surface area contributed by atoms with Crippen molar-refractivity contribution in [2.75, 3.05) is 19.8 Å². The van der Waals surface area contributed by atoms with Crippen LogP contribution in [0.25, 0.3) is 0 Å². The fourth-order valence-corrected chi connectivity index (χ4v) is 6.85. The molecule has 0 spiro atoms. The minimum absolute atomic E-state index is 0.0124. The molecule has 2 aliphatic rings. The van der Waals surface area contributed by atoms with Crippen molar-refractivity contribution in [1.29, 1.82) is 0 Å². The first-order valence-electron chi connectivity index (χ1n) is 18.7. The number of aliphatic hydroxyl groups is 1. The van der Waals surface area contributed by atoms with Crippen LogP contribution in [0.2, 0.25) is 0 Å². The summed E-state index contributed by atoms with van der Waals surface area (Å²) >= 11 is 0. The third-order valence-electron chi connectivity index (χ3n) is 10.3. The number of aliphatic hydroxyl groups excluding tert-OH is 1. The summed E-state index contributed by atoms with van der Waals surface area (Å²) in [6, 6.07) is 32.8. The molecule has 282 valence electrons. The van der Waals surface area contributed by atoms with Gasteiger partial charge in [-0.25, -0.2) is 0 Å². The van der Waals surface area contributed by atoms with Gasteiger partial charge in [-0.15, -0.1) is 0 Å². The maximum atomic E-state index is 10.9. The smallest absolute Gasteiger partial charge is 0.138 e. The molecule has 53 heavy (non-hydrogen) atoms. The van der Waals surface area contributed by atoms with Crippen molar-refractivity contribution in [3.05, 3.63) is 132 Å². The molecule has 3 unspecified atom stereocenters. The first-order valence-corrected chi connectivity index (χ1v) is 18.7. The van der Waals surface area contributed by atoms with Crippen LogP contribution in [0.3, 0.4) is 0 Å². The molecule has 0 saturated carbocycles. The van der Waals surface area contributed by atoms with Crippen LogP contribution in [0.5, 0.6) is 23.0 Å². The molecule has 1 N–H and O–H groups in total. The van der Waals surface area contributed by atoms with Crippen LogP contribution in [-0.4, -0.2) is 54.4 Å². The molecule has 2 fully saturated rings. The summed E-state index contributed by atoms with van der Waals surface area (Å²) in [5.74, 6) is 3.72. The van der Waals surface area contributed by atoms with E-state index in [1.54, 1.807) is 0 Å². The van der Waals surface area contributed by atoms with Crippen LogP contribution in [0.15, 0.2) is 109 Å². The van der Waals surface area contributed by atoms with Crippen molar-refractivity contribution >= 4 is 0 Å². The Kier molecular flexibility index (Phi) is 11.0. The second-order valence-electron chi connectivity index (χ2n) is 16.8. The molecule has 7 nitrogen and oxygen atoms in total. The highest BCUT2D eigenvalue weighted by molar-refractivity contribution is 5.43. The van der Waals surface area contributed by atoms with Gasteiger partial charge in [0.1, 0.15) is 52.7 Å². The maximum Gasteiger partial charge on any atom is 0.138 e. The SMILES string of the molecule is C=C(Oc1ccc(C(C)(C)c2ccc(OC(C)(C)CC(O)COc3ccc(C(C)(C)c4ccc(OC(C)(C)CC5CO5)cc4)cc3)cc2)cc1)C1CO1. The highest BCUT2D eigenvalue weighted by Crippen LogP contribution is 2.36. The quantitative estimate of drug-likeness (QED) is 0.0810. The molecule has 4 aromatic carbocycles. The standard InChI is InChI=1S/C46H56O7/c1-31(42-30-50-42)51-38-20-12-33(13-21-38)46(8,9)35-14-22-39(23-15-35)52-43(2,3)26-36(47)28-48-37-18-10-32(11-19-37)45(6,7)34-16-24-40(25-17-34)53-44(4,5)27-41-29-49-41/h10-25,36,41-42,47H,1,26-30H2,2-9H3. The number of ether oxygens (including phenoxy) is 6. The zero-order chi connectivity index (χ0) is 38.0. The molecular weight excluding hydrogens is 664 g/mol. The predicted molar refractivity (Wildman–Crippen MR) is 209 cm³/mol. The van der Waals surface area contributed by atoms with Gasteiger partial charge >= 0.3 is 0 Å². The summed E-state index contributed by atoms with van der Waals surface area (Å²) < 4.78 is 35.1. The van der Waals surface area contributed by atoms with Crippen LogP contribution in [-0.2, 0) is 20.3 Å². The van der Waals surface area contributed by atoms with Gasteiger partial charge in [0.2, 0.25) is 0 Å². The average Bonchev–Trinajstić information content (AvgIpc) is 4.04. The van der Waals surface area contributed by atoms with E-state index in [1.165, 1.54) is 16.7 Å². The lowest BCUT2D eigenvalue weighted by Gasteiger charge is -2.30. The second kappa shape index (κ2) is 15.2. The van der Waals surface area contributed by atoms with E-state index in [-0.39, 0.29) is 29.1 Å². The minimum atomic E-state index is -0.706. The van der Waals surface area contributed by atoms with E-state index in [1.807, 2.05) is 50.2 Å². The molecular formula is C46H56O7. The number of hydrogen-bond acceptors (Lipinski definition) is 7. The lowest BCUT2D eigenvalue weighted by Crippen LogP contribution is -2.35. The van der Waals surface area contributed by atoms with E-state index in [9.17, 15) is 5.11 Å². The molecule has 4 aromatic rings. The molecule has 0 amide bonds. The average molecular weight is 721 g/mol. The van der Waals surface area contributed by atoms with Gasteiger partial charge in [-0.05, 0) is 98.5 Å². The van der Waals surface area contributed by atoms with Crippen molar-refractivity contribution in [2.45, 2.75) is 109 Å². The number of rotatable bonds is 18. The molecule has 2 heterocycles. The summed E-state index contributed by atoms with van der Waals surface area (Å²) in [5.41, 5.74) is 3.37. The van der Waals surface area contributed by atoms with Gasteiger partial charge in [0.25, 0.3) is 0 Å². The summed E-state index contributed by atoms with van der Waals surface area (Å²) in [5, 5.41) is 10.9. The Hall–Kier alpha value is -4.30. The van der Waals surface area contributed by atoms with Crippen LogP contribution >= 0.6 is 0 Å². The van der Waals surface area contributed by atoms with E-state index in [0.717, 1.165) is 35.8 Å². The fourth-order valence-electron chi connectivity index (χ4n) is 6.85. The second-order valence-corrected chi connectivity index (χ2v) is 16.8. The molecule has 3 atom stereocenters. The van der Waals surface area contributed by atoms with Crippen LogP contribution in [0.4, 0.5) is 0 Å². The van der Waals surface area contributed by atoms with Gasteiger partial charge in [0.15, 0.2) is 0 Å². The Balaban J connectivity index is 0.972. The summed E-state index contributed by atoms with van der Waals surface area (Å²) in [6.07, 6.45) is 0.916. The number of benzene rings is 4. The first kappa shape index (κ1) is 38.4. The minimum Gasteiger partial charge on any atom is -0.491 e. The lowest BCUT2D eigenvalue weighted by atomic mass is 9.78. The molecule has 6 rings (SSSR count). The number of epoxide rings is 2. The Morgan fingerprint density at radius 2 is 1.02 bits per heavy atom. The first-order chi connectivity index (χ1) is 25.0. The summed E-state index contributed by atoms with van der Waals surface area (Å²) in [7, 11) is 0. The predicted octanol–water partition coefficient (Wildman–Crippen LogP) is 9.56. The van der Waals surface area contributed by atoms with E-state index in [0.29, 0.717) is 30.6 Å². The highest BCUT2D eigenvalue weighted by atomic mass is 16.6. The molecule has 7 heteroatoms. The largest absolute Gasteiger partial charge is 0.491 e. The molecule has 2 aliphatic heterocycles. The molecule has 0 bridgehead atoms. The third-order valence-corrected chi connectivity index (χ3v) is 10.3. The fraction of sp³-hybridized carbons (Fsp3) is 0.435. The Morgan fingerprint density at radius 1 is 0.623 bits per heavy atom. The van der Waals surface area contributed by atoms with Gasteiger partial charge in [-0.1, -0.05) is 82.8 Å². The van der Waals surface area contributed by atoms with Gasteiger partial charge in [0.05, 0.1) is 25.4 Å². The third kappa shape index (κ3) is 10.2. The molecule has 0 aliphatic carbocycles. The van der Waals surface area contributed by atoms with Gasteiger partial charge in [-0.2, -0.15) is 0 Å². The topological polar surface area (TPSA) is 82.2 Å². The summed E-state index contributed by atoms with van der Waals surface area (Å²) in [6.45, 7) is 22.6. The Morgan fingerprint density at radius 3 is 1.43 bits per heavy atom. The molecule has 0 aromatic heterocycles. The van der Waals surface area contributed by atoms with Crippen molar-refractivity contribution < 1.29 is 33.5 Å². The Bertz CT molecular complexity index is 1810. The van der Waals surface area contributed by atoms with Gasteiger partial charge < -0.3 is 33.5 Å². The van der Waals surface area contributed by atoms with E-state index >= 15 is 0 Å². The van der Waals surface area contributed by atoms with E-state index in [4.69, 9.17) is 28.4 Å². The summed E-state index contributed by atoms with van der Waals surface area (Å²) in [4.78, 5) is 0. The highest BCUT2D eigenvalue weighted by Gasteiger charge is 2.33.